The fourth-order valence-electron chi connectivity index (χ4n) is 1.57. The summed E-state index contributed by atoms with van der Waals surface area (Å²) in [4.78, 5) is 1.54. The van der Waals surface area contributed by atoms with Crippen LogP contribution in [0, 0.1) is 5.82 Å². The number of hydrogen-bond donors (Lipinski definition) is 1. The van der Waals surface area contributed by atoms with E-state index < -0.39 is 9.84 Å². The fourth-order valence-corrected chi connectivity index (χ4v) is 3.36. The Morgan fingerprint density at radius 3 is 2.32 bits per heavy atom. The second-order valence-electron chi connectivity index (χ2n) is 4.00. The molecule has 0 unspecified atom stereocenters. The van der Waals surface area contributed by atoms with Crippen LogP contribution >= 0.6 is 11.8 Å². The number of nitrogen functional groups attached to an aromatic ring is 1. The zero-order valence-electron chi connectivity index (χ0n) is 10.1. The van der Waals surface area contributed by atoms with E-state index in [1.807, 2.05) is 0 Å². The minimum atomic E-state index is -3.35. The van der Waals surface area contributed by atoms with Crippen LogP contribution in [0.2, 0.25) is 0 Å². The van der Waals surface area contributed by atoms with Crippen molar-refractivity contribution in [3.05, 3.63) is 48.3 Å². The number of nitrogens with two attached hydrogens (primary N) is 1. The van der Waals surface area contributed by atoms with Crippen molar-refractivity contribution >= 4 is 27.3 Å². The van der Waals surface area contributed by atoms with Crippen LogP contribution < -0.4 is 5.73 Å². The molecule has 2 aromatic carbocycles. The van der Waals surface area contributed by atoms with Crippen molar-refractivity contribution in [1.29, 1.82) is 0 Å². The van der Waals surface area contributed by atoms with Crippen LogP contribution in [0.1, 0.15) is 0 Å². The van der Waals surface area contributed by atoms with Gasteiger partial charge in [-0.3, -0.25) is 0 Å². The van der Waals surface area contributed by atoms with Gasteiger partial charge in [0, 0.05) is 16.0 Å². The van der Waals surface area contributed by atoms with E-state index in [2.05, 4.69) is 0 Å². The highest BCUT2D eigenvalue weighted by atomic mass is 32.2. The quantitative estimate of drug-likeness (QED) is 0.885. The lowest BCUT2D eigenvalue weighted by molar-refractivity contribution is 0.602. The highest BCUT2D eigenvalue weighted by Gasteiger charge is 2.14. The van der Waals surface area contributed by atoms with E-state index in [-0.39, 0.29) is 16.4 Å². The molecular weight excluding hydrogens is 285 g/mol. The number of benzene rings is 2. The summed E-state index contributed by atoms with van der Waals surface area (Å²) in [5.74, 6) is -0.317. The molecule has 0 saturated carbocycles. The van der Waals surface area contributed by atoms with Crippen LogP contribution in [0.5, 0.6) is 0 Å². The average molecular weight is 297 g/mol. The molecule has 0 radical (unpaired) electrons. The Morgan fingerprint density at radius 1 is 1.11 bits per heavy atom. The van der Waals surface area contributed by atoms with Crippen molar-refractivity contribution in [1.82, 2.24) is 0 Å². The second-order valence-corrected chi connectivity index (χ2v) is 7.10. The standard InChI is InChI=1S/C13H12FNO2S2/c1-19(16,17)12-4-2-3-11(13(12)15)18-10-7-5-9(14)6-8-10/h2-8H,15H2,1H3. The molecule has 0 heterocycles. The largest absolute Gasteiger partial charge is 0.397 e. The van der Waals surface area contributed by atoms with Crippen molar-refractivity contribution in [3.63, 3.8) is 0 Å². The number of para-hydroxylation sites is 1. The van der Waals surface area contributed by atoms with E-state index in [1.165, 1.54) is 30.0 Å². The smallest absolute Gasteiger partial charge is 0.177 e. The first-order valence-electron chi connectivity index (χ1n) is 5.40. The molecule has 2 aromatic rings. The third-order valence-electron chi connectivity index (χ3n) is 2.47. The van der Waals surface area contributed by atoms with Crippen LogP contribution in [-0.4, -0.2) is 14.7 Å². The molecule has 0 aromatic heterocycles. The zero-order chi connectivity index (χ0) is 14.0. The molecule has 0 saturated heterocycles. The van der Waals surface area contributed by atoms with Gasteiger partial charge in [-0.25, -0.2) is 12.8 Å². The van der Waals surface area contributed by atoms with Crippen LogP contribution in [0.25, 0.3) is 0 Å². The van der Waals surface area contributed by atoms with Gasteiger partial charge in [0.1, 0.15) is 5.82 Å². The molecule has 0 atom stereocenters. The molecule has 0 spiro atoms. The van der Waals surface area contributed by atoms with Crippen molar-refractivity contribution in [2.45, 2.75) is 14.7 Å². The second kappa shape index (κ2) is 5.22. The highest BCUT2D eigenvalue weighted by molar-refractivity contribution is 7.99. The summed E-state index contributed by atoms with van der Waals surface area (Å²) in [5, 5.41) is 0. The molecule has 19 heavy (non-hydrogen) atoms. The predicted octanol–water partition coefficient (Wildman–Crippen LogP) is 2.96. The van der Waals surface area contributed by atoms with Crippen molar-refractivity contribution in [2.24, 2.45) is 0 Å². The summed E-state index contributed by atoms with van der Waals surface area (Å²) in [6.07, 6.45) is 1.12. The molecule has 0 aliphatic rings. The lowest BCUT2D eigenvalue weighted by atomic mass is 10.3. The Hall–Kier alpha value is -1.53. The highest BCUT2D eigenvalue weighted by Crippen LogP contribution is 2.35. The molecule has 0 fully saturated rings. The molecule has 0 aliphatic carbocycles. The van der Waals surface area contributed by atoms with E-state index in [4.69, 9.17) is 5.73 Å². The number of anilines is 1. The normalized spacial score (nSPS) is 11.5. The molecule has 0 bridgehead atoms. The Kier molecular flexibility index (Phi) is 3.82. The summed E-state index contributed by atoms with van der Waals surface area (Å²) in [5.41, 5.74) is 6.09. The minimum Gasteiger partial charge on any atom is -0.397 e. The number of halogens is 1. The zero-order valence-corrected chi connectivity index (χ0v) is 11.8. The summed E-state index contributed by atoms with van der Waals surface area (Å²) in [7, 11) is -3.35. The first-order chi connectivity index (χ1) is 8.88. The molecular formula is C13H12FNO2S2. The SMILES string of the molecule is CS(=O)(=O)c1cccc(Sc2ccc(F)cc2)c1N. The number of rotatable bonds is 3. The minimum absolute atomic E-state index is 0.111. The first-order valence-corrected chi connectivity index (χ1v) is 8.10. The van der Waals surface area contributed by atoms with Gasteiger partial charge < -0.3 is 5.73 Å². The van der Waals surface area contributed by atoms with Crippen LogP contribution in [0.4, 0.5) is 10.1 Å². The summed E-state index contributed by atoms with van der Waals surface area (Å²) in [6, 6.07) is 10.8. The average Bonchev–Trinajstić information content (AvgIpc) is 2.33. The fraction of sp³-hybridized carbons (Fsp3) is 0.0769. The van der Waals surface area contributed by atoms with Gasteiger partial charge in [-0.15, -0.1) is 0 Å². The monoisotopic (exact) mass is 297 g/mol. The number of hydrogen-bond acceptors (Lipinski definition) is 4. The van der Waals surface area contributed by atoms with Crippen LogP contribution in [-0.2, 0) is 9.84 Å². The topological polar surface area (TPSA) is 60.2 Å². The maximum absolute atomic E-state index is 12.8. The first kappa shape index (κ1) is 13.9. The summed E-state index contributed by atoms with van der Waals surface area (Å²) >= 11 is 1.30. The van der Waals surface area contributed by atoms with Gasteiger partial charge >= 0.3 is 0 Å². The third kappa shape index (κ3) is 3.27. The van der Waals surface area contributed by atoms with E-state index >= 15 is 0 Å². The van der Waals surface area contributed by atoms with Gasteiger partial charge in [0.15, 0.2) is 9.84 Å². The molecule has 2 N–H and O–H groups in total. The van der Waals surface area contributed by atoms with Crippen molar-refractivity contribution < 1.29 is 12.8 Å². The van der Waals surface area contributed by atoms with Gasteiger partial charge in [0.2, 0.25) is 0 Å². The van der Waals surface area contributed by atoms with E-state index in [0.29, 0.717) is 4.90 Å². The van der Waals surface area contributed by atoms with Gasteiger partial charge in [0.05, 0.1) is 10.6 Å². The van der Waals surface area contributed by atoms with Gasteiger partial charge in [0.25, 0.3) is 0 Å². The third-order valence-corrected chi connectivity index (χ3v) is 4.71. The Morgan fingerprint density at radius 2 is 1.74 bits per heavy atom. The Labute approximate surface area is 115 Å². The van der Waals surface area contributed by atoms with Crippen molar-refractivity contribution in [2.75, 3.05) is 12.0 Å². The Balaban J connectivity index is 2.39. The maximum Gasteiger partial charge on any atom is 0.177 e. The van der Waals surface area contributed by atoms with Gasteiger partial charge in [-0.1, -0.05) is 17.8 Å². The molecule has 6 heteroatoms. The van der Waals surface area contributed by atoms with Crippen LogP contribution in [0.3, 0.4) is 0 Å². The van der Waals surface area contributed by atoms with Crippen LogP contribution in [0.15, 0.2) is 57.2 Å². The van der Waals surface area contributed by atoms with Crippen molar-refractivity contribution in [3.8, 4) is 0 Å². The lowest BCUT2D eigenvalue weighted by Gasteiger charge is -2.09. The molecule has 100 valence electrons. The summed E-state index contributed by atoms with van der Waals surface area (Å²) in [6.45, 7) is 0. The molecule has 0 aliphatic heterocycles. The van der Waals surface area contributed by atoms with Gasteiger partial charge in [-0.2, -0.15) is 0 Å². The lowest BCUT2D eigenvalue weighted by Crippen LogP contribution is -2.03. The van der Waals surface area contributed by atoms with E-state index in [0.717, 1.165) is 11.2 Å². The van der Waals surface area contributed by atoms with E-state index in [1.54, 1.807) is 24.3 Å². The maximum atomic E-state index is 12.8. The molecule has 3 nitrogen and oxygen atoms in total. The Bertz CT molecular complexity index is 697. The molecule has 0 amide bonds. The van der Waals surface area contributed by atoms with Gasteiger partial charge in [-0.05, 0) is 36.4 Å². The predicted molar refractivity (Wildman–Crippen MR) is 74.5 cm³/mol. The summed E-state index contributed by atoms with van der Waals surface area (Å²) < 4.78 is 35.9. The number of sulfone groups is 1. The van der Waals surface area contributed by atoms with E-state index in [9.17, 15) is 12.8 Å². The molecule has 2 rings (SSSR count).